The number of hydrogen-bond donors (Lipinski definition) is 2. The van der Waals surface area contributed by atoms with Crippen LogP contribution >= 0.6 is 0 Å². The Labute approximate surface area is 123 Å². The van der Waals surface area contributed by atoms with E-state index in [1.165, 1.54) is 19.2 Å². The van der Waals surface area contributed by atoms with Crippen molar-refractivity contribution in [3.63, 3.8) is 0 Å². The lowest BCUT2D eigenvalue weighted by Crippen LogP contribution is -2.16. The van der Waals surface area contributed by atoms with Crippen LogP contribution in [0.15, 0.2) is 18.2 Å². The second-order valence-electron chi connectivity index (χ2n) is 4.95. The van der Waals surface area contributed by atoms with Gasteiger partial charge in [0.05, 0.1) is 18.4 Å². The molecule has 0 aliphatic carbocycles. The summed E-state index contributed by atoms with van der Waals surface area (Å²) in [5.41, 5.74) is 5.71. The summed E-state index contributed by atoms with van der Waals surface area (Å²) in [4.78, 5) is 23.4. The molecule has 5 nitrogen and oxygen atoms in total. The molecule has 1 rings (SSSR count). The molecule has 1 aromatic rings. The summed E-state index contributed by atoms with van der Waals surface area (Å²) >= 11 is 0. The molecule has 1 unspecified atom stereocenters. The van der Waals surface area contributed by atoms with Crippen LogP contribution in [0.25, 0.3) is 0 Å². The third-order valence-corrected chi connectivity index (χ3v) is 3.18. The number of anilines is 1. The predicted molar refractivity (Wildman–Crippen MR) is 78.4 cm³/mol. The first-order valence-corrected chi connectivity index (χ1v) is 6.85. The van der Waals surface area contributed by atoms with Gasteiger partial charge in [0, 0.05) is 6.42 Å². The fourth-order valence-corrected chi connectivity index (χ4v) is 1.92. The molecule has 0 fully saturated rings. The van der Waals surface area contributed by atoms with Crippen molar-refractivity contribution in [3.05, 3.63) is 29.6 Å². The van der Waals surface area contributed by atoms with Crippen LogP contribution in [0.3, 0.4) is 0 Å². The van der Waals surface area contributed by atoms with Crippen LogP contribution < -0.4 is 11.1 Å². The minimum Gasteiger partial charge on any atom is -0.465 e. The Morgan fingerprint density at radius 1 is 1.38 bits per heavy atom. The van der Waals surface area contributed by atoms with Gasteiger partial charge in [0.25, 0.3) is 0 Å². The van der Waals surface area contributed by atoms with Crippen molar-refractivity contribution in [3.8, 4) is 0 Å². The normalized spacial score (nSPS) is 11.8. The lowest BCUT2D eigenvalue weighted by molar-refractivity contribution is -0.116. The third kappa shape index (κ3) is 5.51. The molecule has 0 radical (unpaired) electrons. The van der Waals surface area contributed by atoms with Crippen LogP contribution in [0.5, 0.6) is 0 Å². The van der Waals surface area contributed by atoms with Gasteiger partial charge in [-0.2, -0.15) is 0 Å². The van der Waals surface area contributed by atoms with Crippen molar-refractivity contribution in [2.75, 3.05) is 19.0 Å². The average Bonchev–Trinajstić information content (AvgIpc) is 2.46. The largest absolute Gasteiger partial charge is 0.465 e. The summed E-state index contributed by atoms with van der Waals surface area (Å²) in [5.74, 6) is -1.13. The monoisotopic (exact) mass is 296 g/mol. The first-order valence-electron chi connectivity index (χ1n) is 6.85. The molecule has 21 heavy (non-hydrogen) atoms. The van der Waals surface area contributed by atoms with E-state index in [-0.39, 0.29) is 17.2 Å². The van der Waals surface area contributed by atoms with E-state index in [1.54, 1.807) is 0 Å². The summed E-state index contributed by atoms with van der Waals surface area (Å²) in [6, 6.07) is 3.57. The molecule has 3 N–H and O–H groups in total. The second-order valence-corrected chi connectivity index (χ2v) is 4.95. The maximum Gasteiger partial charge on any atom is 0.340 e. The number of rotatable bonds is 7. The molecule has 0 saturated carbocycles. The van der Waals surface area contributed by atoms with Crippen LogP contribution in [0.4, 0.5) is 10.1 Å². The zero-order chi connectivity index (χ0) is 15.8. The molecule has 0 saturated heterocycles. The second kappa shape index (κ2) is 8.36. The molecule has 0 aliphatic rings. The highest BCUT2D eigenvalue weighted by molar-refractivity contribution is 6.01. The molecule has 6 heteroatoms. The fourth-order valence-electron chi connectivity index (χ4n) is 1.92. The van der Waals surface area contributed by atoms with Crippen molar-refractivity contribution in [1.82, 2.24) is 0 Å². The first kappa shape index (κ1) is 17.1. The van der Waals surface area contributed by atoms with Crippen molar-refractivity contribution >= 4 is 17.6 Å². The van der Waals surface area contributed by atoms with E-state index in [9.17, 15) is 14.0 Å². The minimum atomic E-state index is -0.693. The van der Waals surface area contributed by atoms with E-state index in [0.717, 1.165) is 12.5 Å². The standard InChI is InChI=1S/C15H21FN2O3/c1-10(7-8-17)3-6-14(19)18-13-5-4-11(16)9-12(13)15(20)21-2/h4-5,9-10H,3,6-8,17H2,1-2H3,(H,18,19). The Kier molecular flexibility index (Phi) is 6.81. The van der Waals surface area contributed by atoms with E-state index in [0.29, 0.717) is 25.3 Å². The SMILES string of the molecule is COC(=O)c1cc(F)ccc1NC(=O)CCC(C)CCN. The number of nitrogens with one attached hydrogen (secondary N) is 1. The Morgan fingerprint density at radius 2 is 2.10 bits per heavy atom. The van der Waals surface area contributed by atoms with Gasteiger partial charge in [0.2, 0.25) is 5.91 Å². The number of carbonyl (C=O) groups is 2. The number of halogens is 1. The molecule has 0 aromatic heterocycles. The van der Waals surface area contributed by atoms with Gasteiger partial charge < -0.3 is 15.8 Å². The number of benzene rings is 1. The van der Waals surface area contributed by atoms with Gasteiger partial charge in [0.15, 0.2) is 0 Å². The summed E-state index contributed by atoms with van der Waals surface area (Å²) in [6.07, 6.45) is 1.88. The van der Waals surface area contributed by atoms with E-state index >= 15 is 0 Å². The molecule has 0 heterocycles. The lowest BCUT2D eigenvalue weighted by atomic mass is 10.0. The highest BCUT2D eigenvalue weighted by Crippen LogP contribution is 2.19. The van der Waals surface area contributed by atoms with Gasteiger partial charge in [-0.15, -0.1) is 0 Å². The van der Waals surface area contributed by atoms with Crippen molar-refractivity contribution in [2.24, 2.45) is 11.7 Å². The Hall–Kier alpha value is -1.95. The number of ether oxygens (including phenoxy) is 1. The molecule has 0 spiro atoms. The number of hydrogen-bond acceptors (Lipinski definition) is 4. The quantitative estimate of drug-likeness (QED) is 0.757. The summed E-state index contributed by atoms with van der Waals surface area (Å²) in [6.45, 7) is 2.62. The van der Waals surface area contributed by atoms with Crippen LogP contribution in [-0.2, 0) is 9.53 Å². The Bertz CT molecular complexity index is 506. The third-order valence-electron chi connectivity index (χ3n) is 3.18. The number of nitrogens with two attached hydrogens (primary N) is 1. The molecule has 116 valence electrons. The summed E-state index contributed by atoms with van der Waals surface area (Å²) in [7, 11) is 1.20. The van der Waals surface area contributed by atoms with Crippen LogP contribution in [0.1, 0.15) is 36.5 Å². The number of methoxy groups -OCH3 is 1. The minimum absolute atomic E-state index is 0.000793. The molecular formula is C15H21FN2O3. The molecule has 1 amide bonds. The maximum absolute atomic E-state index is 13.2. The maximum atomic E-state index is 13.2. The van der Waals surface area contributed by atoms with Crippen LogP contribution in [-0.4, -0.2) is 25.5 Å². The topological polar surface area (TPSA) is 81.4 Å². The van der Waals surface area contributed by atoms with E-state index < -0.39 is 11.8 Å². The first-order chi connectivity index (χ1) is 9.97. The molecule has 1 atom stereocenters. The zero-order valence-electron chi connectivity index (χ0n) is 12.3. The summed E-state index contributed by atoms with van der Waals surface area (Å²) in [5, 5.41) is 2.61. The van der Waals surface area contributed by atoms with Gasteiger partial charge in [-0.3, -0.25) is 4.79 Å². The Balaban J connectivity index is 2.69. The van der Waals surface area contributed by atoms with Gasteiger partial charge >= 0.3 is 5.97 Å². The lowest BCUT2D eigenvalue weighted by Gasteiger charge is -2.12. The van der Waals surface area contributed by atoms with Crippen LogP contribution in [0, 0.1) is 11.7 Å². The van der Waals surface area contributed by atoms with Crippen molar-refractivity contribution in [2.45, 2.75) is 26.2 Å². The van der Waals surface area contributed by atoms with Crippen molar-refractivity contribution in [1.29, 1.82) is 0 Å². The number of amides is 1. The summed E-state index contributed by atoms with van der Waals surface area (Å²) < 4.78 is 17.8. The highest BCUT2D eigenvalue weighted by Gasteiger charge is 2.15. The van der Waals surface area contributed by atoms with Gasteiger partial charge in [-0.1, -0.05) is 6.92 Å². The van der Waals surface area contributed by atoms with Gasteiger partial charge in [-0.05, 0) is 43.5 Å². The smallest absolute Gasteiger partial charge is 0.340 e. The van der Waals surface area contributed by atoms with Gasteiger partial charge in [0.1, 0.15) is 5.82 Å². The number of esters is 1. The van der Waals surface area contributed by atoms with Gasteiger partial charge in [-0.25, -0.2) is 9.18 Å². The van der Waals surface area contributed by atoms with Crippen molar-refractivity contribution < 1.29 is 18.7 Å². The molecule has 0 bridgehead atoms. The van der Waals surface area contributed by atoms with E-state index in [4.69, 9.17) is 5.73 Å². The molecule has 0 aliphatic heterocycles. The van der Waals surface area contributed by atoms with E-state index in [1.807, 2.05) is 6.92 Å². The van der Waals surface area contributed by atoms with E-state index in [2.05, 4.69) is 10.1 Å². The highest BCUT2D eigenvalue weighted by atomic mass is 19.1. The predicted octanol–water partition coefficient (Wildman–Crippen LogP) is 2.32. The Morgan fingerprint density at radius 3 is 2.71 bits per heavy atom. The van der Waals surface area contributed by atoms with Crippen LogP contribution in [0.2, 0.25) is 0 Å². The average molecular weight is 296 g/mol. The zero-order valence-corrected chi connectivity index (χ0v) is 12.3. The molecular weight excluding hydrogens is 275 g/mol. The number of carbonyl (C=O) groups excluding carboxylic acids is 2. The molecule has 1 aromatic carbocycles. The fraction of sp³-hybridized carbons (Fsp3) is 0.467.